The van der Waals surface area contributed by atoms with Crippen LogP contribution < -0.4 is 0 Å². The number of aromatic amines is 1. The number of benzene rings is 1. The van der Waals surface area contributed by atoms with Gasteiger partial charge in [0.1, 0.15) is 5.82 Å². The molecule has 4 aromatic rings. The molecule has 136 valence electrons. The van der Waals surface area contributed by atoms with Gasteiger partial charge in [0.05, 0.1) is 6.20 Å². The molecule has 0 amide bonds. The maximum absolute atomic E-state index is 4.71. The number of hydrogen-bond donors (Lipinski definition) is 1. The van der Waals surface area contributed by atoms with Crippen LogP contribution >= 0.6 is 0 Å². The van der Waals surface area contributed by atoms with Crippen molar-refractivity contribution >= 4 is 5.65 Å². The van der Waals surface area contributed by atoms with Gasteiger partial charge in [0.15, 0.2) is 5.65 Å². The monoisotopic (exact) mass is 358 g/mol. The van der Waals surface area contributed by atoms with Gasteiger partial charge in [0, 0.05) is 54.9 Å². The lowest BCUT2D eigenvalue weighted by atomic mass is 9.97. The molecule has 27 heavy (non-hydrogen) atoms. The lowest BCUT2D eigenvalue weighted by molar-refractivity contribution is 0.196. The van der Waals surface area contributed by atoms with Gasteiger partial charge >= 0.3 is 0 Å². The molecule has 0 radical (unpaired) electrons. The fourth-order valence-corrected chi connectivity index (χ4v) is 4.00. The lowest BCUT2D eigenvalue weighted by Gasteiger charge is -2.31. The van der Waals surface area contributed by atoms with Gasteiger partial charge in [0.2, 0.25) is 0 Å². The van der Waals surface area contributed by atoms with E-state index in [1.54, 1.807) is 0 Å². The maximum Gasteiger partial charge on any atom is 0.162 e. The molecule has 0 bridgehead atoms. The standard InChI is InChI=1S/C21H22N6/c1-2-5-17(6-3-1)19-12-25-27-14-16(11-24-21(19)27)13-26-10-4-7-18(15-26)20-22-8-9-23-20/h1-3,5-6,8-9,11-12,14,18H,4,7,10,13,15H2,(H,22,23). The van der Waals surface area contributed by atoms with Gasteiger partial charge in [-0.3, -0.25) is 4.90 Å². The summed E-state index contributed by atoms with van der Waals surface area (Å²) in [7, 11) is 0. The largest absolute Gasteiger partial charge is 0.348 e. The van der Waals surface area contributed by atoms with Gasteiger partial charge in [-0.2, -0.15) is 5.10 Å². The molecular weight excluding hydrogens is 336 g/mol. The summed E-state index contributed by atoms with van der Waals surface area (Å²) in [4.78, 5) is 14.9. The number of likely N-dealkylation sites (tertiary alicyclic amines) is 1. The van der Waals surface area contributed by atoms with Gasteiger partial charge in [-0.25, -0.2) is 14.5 Å². The fourth-order valence-electron chi connectivity index (χ4n) is 4.00. The second-order valence-corrected chi connectivity index (χ2v) is 7.20. The molecule has 1 aliphatic heterocycles. The van der Waals surface area contributed by atoms with Crippen LogP contribution in [0.5, 0.6) is 0 Å². The Morgan fingerprint density at radius 3 is 2.89 bits per heavy atom. The predicted octanol–water partition coefficient (Wildman–Crippen LogP) is 3.50. The molecule has 1 atom stereocenters. The van der Waals surface area contributed by atoms with Crippen molar-refractivity contribution in [2.24, 2.45) is 0 Å². The minimum Gasteiger partial charge on any atom is -0.348 e. The summed E-state index contributed by atoms with van der Waals surface area (Å²) in [6.45, 7) is 3.03. The summed E-state index contributed by atoms with van der Waals surface area (Å²) < 4.78 is 1.89. The highest BCUT2D eigenvalue weighted by Gasteiger charge is 2.23. The summed E-state index contributed by atoms with van der Waals surface area (Å²) in [5, 5.41) is 4.53. The van der Waals surface area contributed by atoms with Crippen LogP contribution in [0.2, 0.25) is 0 Å². The third-order valence-corrected chi connectivity index (χ3v) is 5.31. The Kier molecular flexibility index (Phi) is 4.18. The molecule has 0 saturated carbocycles. The third kappa shape index (κ3) is 3.24. The van der Waals surface area contributed by atoms with Crippen LogP contribution in [0, 0.1) is 0 Å². The SMILES string of the molecule is c1ccc(-c2cnn3cc(CN4CCCC(c5ncc[nH]5)C4)cnc23)cc1. The normalized spacial score (nSPS) is 18.1. The first-order valence-corrected chi connectivity index (χ1v) is 9.46. The Hall–Kier alpha value is -2.99. The van der Waals surface area contributed by atoms with Crippen LogP contribution in [0.1, 0.15) is 30.1 Å². The highest BCUT2D eigenvalue weighted by molar-refractivity contribution is 5.76. The van der Waals surface area contributed by atoms with Crippen molar-refractivity contribution in [2.45, 2.75) is 25.3 Å². The van der Waals surface area contributed by atoms with Crippen molar-refractivity contribution in [1.82, 2.24) is 29.5 Å². The second kappa shape index (κ2) is 6.96. The van der Waals surface area contributed by atoms with Crippen molar-refractivity contribution in [2.75, 3.05) is 13.1 Å². The van der Waals surface area contributed by atoms with Crippen molar-refractivity contribution in [1.29, 1.82) is 0 Å². The van der Waals surface area contributed by atoms with Gasteiger partial charge < -0.3 is 4.98 Å². The zero-order valence-electron chi connectivity index (χ0n) is 15.1. The lowest BCUT2D eigenvalue weighted by Crippen LogP contribution is -2.34. The highest BCUT2D eigenvalue weighted by Crippen LogP contribution is 2.26. The molecule has 0 spiro atoms. The van der Waals surface area contributed by atoms with Crippen molar-refractivity contribution < 1.29 is 0 Å². The summed E-state index contributed by atoms with van der Waals surface area (Å²) in [6.07, 6.45) is 12.1. The van der Waals surface area contributed by atoms with Crippen LogP contribution in [-0.2, 0) is 6.54 Å². The molecule has 1 fully saturated rings. The Morgan fingerprint density at radius 1 is 1.11 bits per heavy atom. The van der Waals surface area contributed by atoms with Gasteiger partial charge in [0.25, 0.3) is 0 Å². The first-order chi connectivity index (χ1) is 13.4. The van der Waals surface area contributed by atoms with Crippen molar-refractivity contribution in [3.63, 3.8) is 0 Å². The number of aromatic nitrogens is 5. The quantitative estimate of drug-likeness (QED) is 0.606. The molecule has 1 aromatic carbocycles. The zero-order valence-corrected chi connectivity index (χ0v) is 15.1. The van der Waals surface area contributed by atoms with Crippen LogP contribution in [0.3, 0.4) is 0 Å². The highest BCUT2D eigenvalue weighted by atomic mass is 15.2. The Bertz CT molecular complexity index is 1020. The molecule has 3 aromatic heterocycles. The number of imidazole rings is 1. The predicted molar refractivity (Wildman–Crippen MR) is 104 cm³/mol. The number of rotatable bonds is 4. The van der Waals surface area contributed by atoms with Crippen LogP contribution in [0.25, 0.3) is 16.8 Å². The molecule has 1 unspecified atom stereocenters. The number of nitrogens with zero attached hydrogens (tertiary/aromatic N) is 5. The number of nitrogens with one attached hydrogen (secondary N) is 1. The van der Waals surface area contributed by atoms with E-state index in [-0.39, 0.29) is 0 Å². The van der Waals surface area contributed by atoms with E-state index in [9.17, 15) is 0 Å². The van der Waals surface area contributed by atoms with Crippen LogP contribution in [0.4, 0.5) is 0 Å². The van der Waals surface area contributed by atoms with E-state index >= 15 is 0 Å². The van der Waals surface area contributed by atoms with Gasteiger partial charge in [-0.05, 0) is 24.9 Å². The molecule has 5 rings (SSSR count). The van der Waals surface area contributed by atoms with Crippen molar-refractivity contribution in [3.05, 3.63) is 72.7 Å². The summed E-state index contributed by atoms with van der Waals surface area (Å²) in [5.41, 5.74) is 4.30. The van der Waals surface area contributed by atoms with Gasteiger partial charge in [-0.1, -0.05) is 30.3 Å². The average Bonchev–Trinajstić information content (AvgIpc) is 3.39. The Labute approximate surface area is 157 Å². The second-order valence-electron chi connectivity index (χ2n) is 7.20. The topological polar surface area (TPSA) is 62.1 Å². The molecular formula is C21H22N6. The van der Waals surface area contributed by atoms with Gasteiger partial charge in [-0.15, -0.1) is 0 Å². The summed E-state index contributed by atoms with van der Waals surface area (Å²) >= 11 is 0. The van der Waals surface area contributed by atoms with E-state index in [2.05, 4.69) is 38.3 Å². The Morgan fingerprint density at radius 2 is 2.04 bits per heavy atom. The molecule has 1 saturated heterocycles. The van der Waals surface area contributed by atoms with E-state index < -0.39 is 0 Å². The number of fused-ring (bicyclic) bond motifs is 1. The third-order valence-electron chi connectivity index (χ3n) is 5.31. The smallest absolute Gasteiger partial charge is 0.162 e. The molecule has 0 aliphatic carbocycles. The van der Waals surface area contributed by atoms with Crippen LogP contribution in [-0.4, -0.2) is 42.6 Å². The van der Waals surface area contributed by atoms with E-state index in [1.165, 1.54) is 18.4 Å². The van der Waals surface area contributed by atoms with Crippen LogP contribution in [0.15, 0.2) is 61.3 Å². The Balaban J connectivity index is 1.35. The molecule has 6 nitrogen and oxygen atoms in total. The summed E-state index contributed by atoms with van der Waals surface area (Å²) in [5.74, 6) is 1.59. The zero-order chi connectivity index (χ0) is 18.1. The van der Waals surface area contributed by atoms with E-state index in [0.29, 0.717) is 5.92 Å². The molecule has 1 N–H and O–H groups in total. The number of piperidine rings is 1. The molecule has 6 heteroatoms. The van der Waals surface area contributed by atoms with E-state index in [1.807, 2.05) is 47.5 Å². The average molecular weight is 358 g/mol. The number of hydrogen-bond acceptors (Lipinski definition) is 4. The minimum absolute atomic E-state index is 0.486. The minimum atomic E-state index is 0.486. The van der Waals surface area contributed by atoms with E-state index in [4.69, 9.17) is 4.98 Å². The summed E-state index contributed by atoms with van der Waals surface area (Å²) in [6, 6.07) is 10.3. The first-order valence-electron chi connectivity index (χ1n) is 9.46. The number of H-pyrrole nitrogens is 1. The van der Waals surface area contributed by atoms with E-state index in [0.717, 1.165) is 42.2 Å². The maximum atomic E-state index is 4.71. The fraction of sp³-hybridized carbons (Fsp3) is 0.286. The first kappa shape index (κ1) is 16.2. The van der Waals surface area contributed by atoms with Crippen molar-refractivity contribution in [3.8, 4) is 11.1 Å². The molecule has 1 aliphatic rings. The molecule has 4 heterocycles.